The minimum Gasteiger partial charge on any atom is -0.481 e. The van der Waals surface area contributed by atoms with Gasteiger partial charge in [0.1, 0.15) is 6.26 Å². The molecule has 1 aromatic rings. The van der Waals surface area contributed by atoms with Crippen LogP contribution >= 0.6 is 15.9 Å². The van der Waals surface area contributed by atoms with E-state index in [9.17, 15) is 9.59 Å². The largest absolute Gasteiger partial charge is 0.481 e. The van der Waals surface area contributed by atoms with Gasteiger partial charge < -0.3 is 14.4 Å². The molecule has 1 aliphatic heterocycles. The van der Waals surface area contributed by atoms with Gasteiger partial charge in [0.25, 0.3) is 5.91 Å². The molecule has 98 valence electrons. The van der Waals surface area contributed by atoms with E-state index in [1.807, 2.05) is 6.92 Å². The lowest BCUT2D eigenvalue weighted by Gasteiger charge is -2.36. The lowest BCUT2D eigenvalue weighted by Crippen LogP contribution is -2.47. The number of carboxylic acid groups (broad SMARTS) is 1. The van der Waals surface area contributed by atoms with E-state index in [-0.39, 0.29) is 18.5 Å². The predicted molar refractivity (Wildman–Crippen MR) is 67.3 cm³/mol. The summed E-state index contributed by atoms with van der Waals surface area (Å²) in [4.78, 5) is 24.9. The fourth-order valence-corrected chi connectivity index (χ4v) is 2.52. The number of hydrogen-bond donors (Lipinski definition) is 1. The minimum atomic E-state index is -0.840. The summed E-state index contributed by atoms with van der Waals surface area (Å²) < 4.78 is 5.53. The summed E-state index contributed by atoms with van der Waals surface area (Å²) >= 11 is 3.14. The molecule has 1 aromatic heterocycles. The summed E-state index contributed by atoms with van der Waals surface area (Å²) in [5.41, 5.74) is 0.444. The number of likely N-dealkylation sites (tertiary alicyclic amines) is 1. The van der Waals surface area contributed by atoms with Crippen molar-refractivity contribution in [3.8, 4) is 0 Å². The highest BCUT2D eigenvalue weighted by Gasteiger charge is 2.33. The normalized spacial score (nSPS) is 24.0. The summed E-state index contributed by atoms with van der Waals surface area (Å²) in [6.07, 6.45) is 2.71. The second-order valence-corrected chi connectivity index (χ2v) is 5.34. The molecule has 1 saturated heterocycles. The number of furan rings is 1. The van der Waals surface area contributed by atoms with Crippen molar-refractivity contribution in [2.45, 2.75) is 25.8 Å². The maximum atomic E-state index is 12.2. The molecule has 2 rings (SSSR count). The topological polar surface area (TPSA) is 70.8 Å². The summed E-state index contributed by atoms with van der Waals surface area (Å²) in [6, 6.07) is 1.65. The second-order valence-electron chi connectivity index (χ2n) is 4.56. The number of aliphatic carboxylic acids is 1. The van der Waals surface area contributed by atoms with Crippen LogP contribution in [-0.2, 0) is 4.79 Å². The van der Waals surface area contributed by atoms with E-state index in [2.05, 4.69) is 15.9 Å². The van der Waals surface area contributed by atoms with Crippen molar-refractivity contribution >= 4 is 27.8 Å². The molecule has 0 bridgehead atoms. The van der Waals surface area contributed by atoms with Crippen LogP contribution in [0, 0.1) is 5.92 Å². The van der Waals surface area contributed by atoms with Crippen LogP contribution in [0.25, 0.3) is 0 Å². The van der Waals surface area contributed by atoms with Gasteiger partial charge in [0.05, 0.1) is 11.5 Å². The van der Waals surface area contributed by atoms with Crippen LogP contribution in [-0.4, -0.2) is 34.5 Å². The Balaban J connectivity index is 2.15. The van der Waals surface area contributed by atoms with Gasteiger partial charge in [-0.05, 0) is 35.7 Å². The van der Waals surface area contributed by atoms with E-state index in [1.54, 1.807) is 11.0 Å². The maximum absolute atomic E-state index is 12.2. The Morgan fingerprint density at radius 2 is 2.22 bits per heavy atom. The molecular weight excluding hydrogens is 302 g/mol. The molecule has 1 aliphatic rings. The highest BCUT2D eigenvalue weighted by molar-refractivity contribution is 9.10. The van der Waals surface area contributed by atoms with Crippen molar-refractivity contribution in [1.82, 2.24) is 4.90 Å². The van der Waals surface area contributed by atoms with Crippen molar-refractivity contribution < 1.29 is 19.1 Å². The van der Waals surface area contributed by atoms with Gasteiger partial charge in [-0.1, -0.05) is 0 Å². The number of rotatable bonds is 2. The zero-order chi connectivity index (χ0) is 13.3. The van der Waals surface area contributed by atoms with Crippen LogP contribution < -0.4 is 0 Å². The number of amides is 1. The highest BCUT2D eigenvalue weighted by atomic mass is 79.9. The molecule has 2 heterocycles. The van der Waals surface area contributed by atoms with Crippen molar-refractivity contribution in [3.63, 3.8) is 0 Å². The third kappa shape index (κ3) is 2.58. The van der Waals surface area contributed by atoms with Crippen LogP contribution in [0.15, 0.2) is 21.4 Å². The number of carboxylic acids is 1. The van der Waals surface area contributed by atoms with Gasteiger partial charge in [-0.3, -0.25) is 9.59 Å². The fourth-order valence-electron chi connectivity index (χ4n) is 2.18. The first-order valence-corrected chi connectivity index (χ1v) is 6.56. The van der Waals surface area contributed by atoms with Gasteiger partial charge in [0.2, 0.25) is 0 Å². The Labute approximate surface area is 113 Å². The zero-order valence-electron chi connectivity index (χ0n) is 9.93. The fraction of sp³-hybridized carbons (Fsp3) is 0.500. The molecule has 6 heteroatoms. The Morgan fingerprint density at radius 1 is 1.50 bits per heavy atom. The first-order valence-electron chi connectivity index (χ1n) is 5.77. The van der Waals surface area contributed by atoms with Crippen LogP contribution in [0.2, 0.25) is 0 Å². The number of hydrogen-bond acceptors (Lipinski definition) is 3. The molecular formula is C12H14BrNO4. The molecule has 18 heavy (non-hydrogen) atoms. The zero-order valence-corrected chi connectivity index (χ0v) is 11.5. The summed E-state index contributed by atoms with van der Waals surface area (Å²) in [7, 11) is 0. The molecule has 1 N–H and O–H groups in total. The Hall–Kier alpha value is -1.30. The number of nitrogens with zero attached hydrogens (tertiary/aromatic N) is 1. The van der Waals surface area contributed by atoms with Crippen molar-refractivity contribution in [3.05, 3.63) is 22.6 Å². The highest BCUT2D eigenvalue weighted by Crippen LogP contribution is 2.25. The maximum Gasteiger partial charge on any atom is 0.308 e. The van der Waals surface area contributed by atoms with Crippen LogP contribution in [0.5, 0.6) is 0 Å². The van der Waals surface area contributed by atoms with Crippen molar-refractivity contribution in [2.24, 2.45) is 5.92 Å². The smallest absolute Gasteiger partial charge is 0.308 e. The molecule has 2 unspecified atom stereocenters. The summed E-state index contributed by atoms with van der Waals surface area (Å²) in [6.45, 7) is 2.20. The van der Waals surface area contributed by atoms with E-state index in [4.69, 9.17) is 9.52 Å². The number of piperidine rings is 1. The van der Waals surface area contributed by atoms with Gasteiger partial charge in [0.15, 0.2) is 4.67 Å². The van der Waals surface area contributed by atoms with E-state index in [0.29, 0.717) is 23.1 Å². The molecule has 1 amide bonds. The lowest BCUT2D eigenvalue weighted by atomic mass is 9.93. The van der Waals surface area contributed by atoms with E-state index in [0.717, 1.165) is 0 Å². The average Bonchev–Trinajstić information content (AvgIpc) is 2.75. The summed E-state index contributed by atoms with van der Waals surface area (Å²) in [5, 5.41) is 9.03. The first kappa shape index (κ1) is 13.1. The van der Waals surface area contributed by atoms with Gasteiger partial charge in [-0.25, -0.2) is 0 Å². The molecule has 0 aliphatic carbocycles. The first-order chi connectivity index (χ1) is 8.49. The number of carbonyl (C=O) groups is 2. The van der Waals surface area contributed by atoms with E-state index in [1.165, 1.54) is 6.26 Å². The summed E-state index contributed by atoms with van der Waals surface area (Å²) in [5.74, 6) is -1.49. The van der Waals surface area contributed by atoms with E-state index < -0.39 is 11.9 Å². The SMILES string of the molecule is CC1CCC(C(=O)O)CN1C(=O)c1coc(Br)c1. The Bertz CT molecular complexity index is 470. The predicted octanol–water partition coefficient (Wildman–Crippen LogP) is 2.37. The molecule has 2 atom stereocenters. The van der Waals surface area contributed by atoms with Gasteiger partial charge in [-0.15, -0.1) is 0 Å². The standard InChI is InChI=1S/C12H14BrNO4/c1-7-2-3-8(12(16)17)5-14(7)11(15)9-4-10(13)18-6-9/h4,6-8H,2-3,5H2,1H3,(H,16,17). The second kappa shape index (κ2) is 5.14. The molecule has 0 spiro atoms. The average molecular weight is 316 g/mol. The van der Waals surface area contributed by atoms with Crippen LogP contribution in [0.1, 0.15) is 30.1 Å². The quantitative estimate of drug-likeness (QED) is 0.909. The number of halogens is 1. The monoisotopic (exact) mass is 315 g/mol. The number of carbonyl (C=O) groups excluding carboxylic acids is 1. The molecule has 0 saturated carbocycles. The van der Waals surface area contributed by atoms with Crippen molar-refractivity contribution in [2.75, 3.05) is 6.54 Å². The van der Waals surface area contributed by atoms with E-state index >= 15 is 0 Å². The Morgan fingerprint density at radius 3 is 2.78 bits per heavy atom. The third-order valence-electron chi connectivity index (χ3n) is 3.31. The van der Waals surface area contributed by atoms with Crippen LogP contribution in [0.3, 0.4) is 0 Å². The van der Waals surface area contributed by atoms with Crippen molar-refractivity contribution in [1.29, 1.82) is 0 Å². The van der Waals surface area contributed by atoms with Gasteiger partial charge >= 0.3 is 5.97 Å². The molecule has 1 fully saturated rings. The van der Waals surface area contributed by atoms with Gasteiger partial charge in [-0.2, -0.15) is 0 Å². The Kier molecular flexibility index (Phi) is 3.75. The van der Waals surface area contributed by atoms with Gasteiger partial charge in [0, 0.05) is 18.7 Å². The molecule has 5 nitrogen and oxygen atoms in total. The lowest BCUT2D eigenvalue weighted by molar-refractivity contribution is -0.143. The molecule has 0 aromatic carbocycles. The third-order valence-corrected chi connectivity index (χ3v) is 3.72. The van der Waals surface area contributed by atoms with Crippen LogP contribution in [0.4, 0.5) is 0 Å². The molecule has 0 radical (unpaired) electrons. The minimum absolute atomic E-state index is 0.0572.